The van der Waals surface area contributed by atoms with Gasteiger partial charge in [0.05, 0.1) is 14.3 Å². The van der Waals surface area contributed by atoms with Gasteiger partial charge in [0, 0.05) is 11.0 Å². The first-order chi connectivity index (χ1) is 8.50. The Kier molecular flexibility index (Phi) is 4.86. The topological polar surface area (TPSA) is 49.3 Å². The van der Waals surface area contributed by atoms with Crippen molar-refractivity contribution in [2.24, 2.45) is 0 Å². The summed E-state index contributed by atoms with van der Waals surface area (Å²) >= 11 is 8.11. The Morgan fingerprint density at radius 2 is 2.06 bits per heavy atom. The number of carbonyl (C=O) groups excluding carboxylic acids is 1. The lowest BCUT2D eigenvalue weighted by atomic mass is 9.85. The van der Waals surface area contributed by atoms with Crippen molar-refractivity contribution >= 4 is 49.1 Å². The van der Waals surface area contributed by atoms with Crippen LogP contribution in [-0.2, 0) is 0 Å². The fourth-order valence-corrected chi connectivity index (χ4v) is 4.13. The van der Waals surface area contributed by atoms with Crippen LogP contribution in [0.2, 0.25) is 0 Å². The fraction of sp³-hybridized carbons (Fsp3) is 0.583. The van der Waals surface area contributed by atoms with Crippen LogP contribution in [0.15, 0.2) is 14.3 Å². The molecule has 6 heteroatoms. The van der Waals surface area contributed by atoms with E-state index in [1.165, 1.54) is 17.8 Å². The van der Waals surface area contributed by atoms with E-state index in [0.717, 1.165) is 33.9 Å². The second-order valence-electron chi connectivity index (χ2n) is 4.70. The number of halogens is 2. The normalized spacial score (nSPS) is 18.6. The molecule has 1 aromatic rings. The molecule has 0 aromatic carbocycles. The van der Waals surface area contributed by atoms with E-state index in [1.807, 2.05) is 0 Å². The summed E-state index contributed by atoms with van der Waals surface area (Å²) in [6, 6.07) is 1.79. The van der Waals surface area contributed by atoms with Gasteiger partial charge in [-0.05, 0) is 50.8 Å². The molecule has 0 atom stereocenters. The minimum Gasteiger partial charge on any atom is -0.388 e. The van der Waals surface area contributed by atoms with Crippen LogP contribution in [0.1, 0.15) is 41.8 Å². The number of hydrogen-bond donors (Lipinski definition) is 2. The summed E-state index contributed by atoms with van der Waals surface area (Å²) in [6.45, 7) is 0.346. The Bertz CT molecular complexity index is 422. The van der Waals surface area contributed by atoms with Crippen molar-refractivity contribution in [3.8, 4) is 0 Å². The van der Waals surface area contributed by atoms with Gasteiger partial charge in [-0.1, -0.05) is 19.3 Å². The molecule has 1 heterocycles. The van der Waals surface area contributed by atoms with Gasteiger partial charge in [0.1, 0.15) is 0 Å². The molecular weight excluding hydrogens is 382 g/mol. The zero-order valence-electron chi connectivity index (χ0n) is 9.84. The van der Waals surface area contributed by atoms with Crippen LogP contribution in [0.25, 0.3) is 0 Å². The highest BCUT2D eigenvalue weighted by Crippen LogP contribution is 2.32. The number of rotatable bonds is 3. The lowest BCUT2D eigenvalue weighted by molar-refractivity contribution is 0.00529. The monoisotopic (exact) mass is 395 g/mol. The molecule has 18 heavy (non-hydrogen) atoms. The Morgan fingerprint density at radius 3 is 2.61 bits per heavy atom. The van der Waals surface area contributed by atoms with Crippen molar-refractivity contribution < 1.29 is 9.90 Å². The summed E-state index contributed by atoms with van der Waals surface area (Å²) in [5, 5.41) is 13.1. The van der Waals surface area contributed by atoms with Crippen molar-refractivity contribution in [3.05, 3.63) is 19.2 Å². The van der Waals surface area contributed by atoms with E-state index in [9.17, 15) is 9.90 Å². The van der Waals surface area contributed by atoms with Crippen LogP contribution in [-0.4, -0.2) is 23.2 Å². The van der Waals surface area contributed by atoms with E-state index in [1.54, 1.807) is 6.07 Å². The van der Waals surface area contributed by atoms with Crippen LogP contribution < -0.4 is 5.32 Å². The number of nitrogens with one attached hydrogen (secondary N) is 1. The first kappa shape index (κ1) is 14.5. The molecule has 100 valence electrons. The first-order valence-corrected chi connectivity index (χ1v) is 8.36. The summed E-state index contributed by atoms with van der Waals surface area (Å²) < 4.78 is 1.79. The largest absolute Gasteiger partial charge is 0.388 e. The highest BCUT2D eigenvalue weighted by molar-refractivity contribution is 9.13. The van der Waals surface area contributed by atoms with E-state index in [4.69, 9.17) is 0 Å². The van der Waals surface area contributed by atoms with Crippen molar-refractivity contribution in [2.45, 2.75) is 37.7 Å². The number of amides is 1. The second-order valence-corrected chi connectivity index (χ2v) is 7.92. The predicted molar refractivity (Wildman–Crippen MR) is 80.1 cm³/mol. The summed E-state index contributed by atoms with van der Waals surface area (Å²) in [6.07, 6.45) is 4.84. The summed E-state index contributed by atoms with van der Waals surface area (Å²) in [4.78, 5) is 12.6. The number of carbonyl (C=O) groups is 1. The maximum Gasteiger partial charge on any atom is 0.261 e. The predicted octanol–water partition coefficient (Wildman–Crippen LogP) is 3.70. The van der Waals surface area contributed by atoms with E-state index in [0.29, 0.717) is 11.4 Å². The van der Waals surface area contributed by atoms with Crippen molar-refractivity contribution in [1.29, 1.82) is 0 Å². The molecule has 0 bridgehead atoms. The van der Waals surface area contributed by atoms with E-state index >= 15 is 0 Å². The van der Waals surface area contributed by atoms with E-state index in [-0.39, 0.29) is 5.91 Å². The van der Waals surface area contributed by atoms with Gasteiger partial charge >= 0.3 is 0 Å². The molecular formula is C12H15Br2NO2S. The lowest BCUT2D eigenvalue weighted by Gasteiger charge is -2.32. The average molecular weight is 397 g/mol. The molecule has 2 N–H and O–H groups in total. The van der Waals surface area contributed by atoms with E-state index in [2.05, 4.69) is 37.2 Å². The molecule has 0 unspecified atom stereocenters. The quantitative estimate of drug-likeness (QED) is 0.818. The molecule has 2 rings (SSSR count). The van der Waals surface area contributed by atoms with Crippen LogP contribution >= 0.6 is 43.2 Å². The Labute approximate surface area is 127 Å². The lowest BCUT2D eigenvalue weighted by Crippen LogP contribution is -2.44. The van der Waals surface area contributed by atoms with Crippen LogP contribution in [0.5, 0.6) is 0 Å². The molecule has 1 amide bonds. The molecule has 3 nitrogen and oxygen atoms in total. The molecule has 1 aliphatic rings. The molecule has 0 radical (unpaired) electrons. The summed E-state index contributed by atoms with van der Waals surface area (Å²) in [5.41, 5.74) is -0.709. The number of aliphatic hydroxyl groups is 1. The van der Waals surface area contributed by atoms with Gasteiger partial charge in [0.2, 0.25) is 0 Å². The fourth-order valence-electron chi connectivity index (χ4n) is 2.18. The maximum absolute atomic E-state index is 11.9. The molecule has 1 aromatic heterocycles. The van der Waals surface area contributed by atoms with Crippen molar-refractivity contribution in [2.75, 3.05) is 6.54 Å². The molecule has 1 aliphatic carbocycles. The minimum atomic E-state index is -0.709. The third-order valence-corrected chi connectivity index (χ3v) is 6.49. The van der Waals surface area contributed by atoms with Crippen LogP contribution in [0.3, 0.4) is 0 Å². The molecule has 1 fully saturated rings. The molecule has 0 aliphatic heterocycles. The maximum atomic E-state index is 11.9. The van der Waals surface area contributed by atoms with Gasteiger partial charge in [-0.25, -0.2) is 0 Å². The van der Waals surface area contributed by atoms with Gasteiger partial charge in [0.15, 0.2) is 0 Å². The van der Waals surface area contributed by atoms with Crippen LogP contribution in [0, 0.1) is 0 Å². The third kappa shape index (κ3) is 3.56. The summed E-state index contributed by atoms with van der Waals surface area (Å²) in [7, 11) is 0. The van der Waals surface area contributed by atoms with Gasteiger partial charge < -0.3 is 10.4 Å². The van der Waals surface area contributed by atoms with Crippen molar-refractivity contribution in [1.82, 2.24) is 5.32 Å². The van der Waals surface area contributed by atoms with Gasteiger partial charge in [-0.15, -0.1) is 11.3 Å². The smallest absolute Gasteiger partial charge is 0.261 e. The van der Waals surface area contributed by atoms with Gasteiger partial charge in [-0.3, -0.25) is 4.79 Å². The zero-order chi connectivity index (χ0) is 13.2. The Hall–Kier alpha value is 0.0900. The molecule has 0 spiro atoms. The Morgan fingerprint density at radius 1 is 1.39 bits per heavy atom. The average Bonchev–Trinajstić information content (AvgIpc) is 2.68. The minimum absolute atomic E-state index is 0.120. The van der Waals surface area contributed by atoms with Gasteiger partial charge in [0.25, 0.3) is 5.91 Å². The standard InChI is InChI=1S/C12H15Br2NO2S/c13-8-6-9(18-10(8)14)11(16)15-7-12(17)4-2-1-3-5-12/h6,17H,1-5,7H2,(H,15,16). The summed E-state index contributed by atoms with van der Waals surface area (Å²) in [5.74, 6) is -0.120. The highest BCUT2D eigenvalue weighted by atomic mass is 79.9. The Balaban J connectivity index is 1.91. The zero-order valence-corrected chi connectivity index (χ0v) is 13.8. The van der Waals surface area contributed by atoms with Crippen molar-refractivity contribution in [3.63, 3.8) is 0 Å². The number of thiophene rings is 1. The SMILES string of the molecule is O=C(NCC1(O)CCCCC1)c1cc(Br)c(Br)s1. The van der Waals surface area contributed by atoms with Crippen LogP contribution in [0.4, 0.5) is 0 Å². The third-order valence-electron chi connectivity index (χ3n) is 3.23. The molecule has 0 saturated heterocycles. The second kappa shape index (κ2) is 6.03. The highest BCUT2D eigenvalue weighted by Gasteiger charge is 2.29. The van der Waals surface area contributed by atoms with Gasteiger partial charge in [-0.2, -0.15) is 0 Å². The number of hydrogen-bond acceptors (Lipinski definition) is 3. The molecule has 1 saturated carbocycles. The van der Waals surface area contributed by atoms with E-state index < -0.39 is 5.60 Å². The first-order valence-electron chi connectivity index (χ1n) is 5.96.